The number of hydroxylamine groups is 4. The zero-order valence-corrected chi connectivity index (χ0v) is 46.6. The van der Waals surface area contributed by atoms with Crippen molar-refractivity contribution in [3.8, 4) is 0 Å². The molecule has 37 nitrogen and oxygen atoms in total. The van der Waals surface area contributed by atoms with Crippen molar-refractivity contribution in [3.05, 3.63) is 0 Å². The number of quaternary nitrogens is 1. The van der Waals surface area contributed by atoms with Crippen LogP contribution in [0.3, 0.4) is 0 Å². The maximum Gasteiger partial charge on any atom is 0.279 e. The number of fused-ring (bicyclic) bond motifs is 3. The minimum absolute atomic E-state index is 0.00207. The molecule has 0 bridgehead atoms. The molecular formula is C48H78N17O20+. The van der Waals surface area contributed by atoms with Crippen molar-refractivity contribution in [3.63, 3.8) is 0 Å². The standard InChI is InChI=1S/C48H77N17O20/c1-20(42(77)54-16-37(74)58-24-4-3-9-63(84)47(24)82)56-36(73)15-53-43(78)21(2)57-46(81)30(13-34(49)71)65(85)48(83)27(19-67)60-38(75)17-55-44(79)23-5-7-51-40(61-23)26(18-66)62-45(80)28-6-8-52-41-25(59-35(72)14-33(70)39(50)76)10-22-11-31(68)32(69)12-29(22)64(28)41/h20-33,41,52,66-70,84-85H,3-19H2,1-2H3,(H2,49,71)(H2,50,76)(H,51,61)(H,53,78)(H,54,77)(H,55,79)(H,56,73)(H,57,81)(H,58,74)(H,59,72)(H,60,75)(H,62,80)/p+1/t20-,21+,22?,23-,24+,25?,26+,27+,28+,29?,30-,31?,32?,33-,41?/m1/s1. The van der Waals surface area contributed by atoms with Gasteiger partial charge in [0.1, 0.15) is 54.2 Å². The molecule has 0 aromatic carbocycles. The molecule has 16 atom stereocenters. The molecule has 4 aliphatic heterocycles. The van der Waals surface area contributed by atoms with Crippen molar-refractivity contribution < 1.29 is 103 Å². The van der Waals surface area contributed by atoms with Gasteiger partial charge in [0.2, 0.25) is 59.1 Å². The van der Waals surface area contributed by atoms with E-state index in [0.29, 0.717) is 22.8 Å². The number of nitrogens with one attached hydrogen (secondary N) is 12. The lowest BCUT2D eigenvalue weighted by Gasteiger charge is -2.54. The highest BCUT2D eigenvalue weighted by molar-refractivity contribution is 5.99. The maximum atomic E-state index is 14.2. The van der Waals surface area contributed by atoms with Crippen LogP contribution < -0.4 is 74.9 Å². The summed E-state index contributed by atoms with van der Waals surface area (Å²) in [7, 11) is 0. The summed E-state index contributed by atoms with van der Waals surface area (Å²) < 4.78 is 0. The smallest absolute Gasteiger partial charge is 0.279 e. The normalized spacial score (nSPS) is 26.5. The first-order valence-corrected chi connectivity index (χ1v) is 27.5. The molecule has 85 heavy (non-hydrogen) atoms. The van der Waals surface area contributed by atoms with Crippen molar-refractivity contribution in [1.82, 2.24) is 68.6 Å². The highest BCUT2D eigenvalue weighted by Gasteiger charge is 2.56. The van der Waals surface area contributed by atoms with Crippen molar-refractivity contribution >= 4 is 82.6 Å². The van der Waals surface area contributed by atoms with Crippen LogP contribution in [0.1, 0.15) is 71.6 Å². The van der Waals surface area contributed by atoms with E-state index < -0.39 is 201 Å². The number of amidine groups is 1. The monoisotopic (exact) mass is 1210 g/mol. The molecule has 3 saturated heterocycles. The van der Waals surface area contributed by atoms with Gasteiger partial charge in [0.25, 0.3) is 17.7 Å². The van der Waals surface area contributed by atoms with Crippen molar-refractivity contribution in [2.24, 2.45) is 22.4 Å². The summed E-state index contributed by atoms with van der Waals surface area (Å²) >= 11 is 0. The van der Waals surface area contributed by atoms with E-state index >= 15 is 0 Å². The summed E-state index contributed by atoms with van der Waals surface area (Å²) in [5, 5.41) is 99.8. The lowest BCUT2D eigenvalue weighted by Crippen LogP contribution is -3.29. The zero-order chi connectivity index (χ0) is 63.0. The van der Waals surface area contributed by atoms with Crippen LogP contribution >= 0.6 is 0 Å². The van der Waals surface area contributed by atoms with Crippen LogP contribution in [0.2, 0.25) is 0 Å². The molecule has 1 aliphatic carbocycles. The molecule has 4 fully saturated rings. The number of hydrogen-bond donors (Lipinski definition) is 21. The predicted octanol–water partition coefficient (Wildman–Crippen LogP) is -13.8. The summed E-state index contributed by atoms with van der Waals surface area (Å²) in [6, 6.07) is -12.1. The summed E-state index contributed by atoms with van der Waals surface area (Å²) in [4.78, 5) is 171. The van der Waals surface area contributed by atoms with E-state index in [2.05, 4.69) is 63.5 Å². The summed E-state index contributed by atoms with van der Waals surface area (Å²) in [5.74, 6) is -12.9. The number of rotatable bonds is 27. The third kappa shape index (κ3) is 18.9. The largest absolute Gasteiger partial charge is 0.394 e. The second kappa shape index (κ2) is 31.4. The Morgan fingerprint density at radius 2 is 1.39 bits per heavy atom. The molecule has 1 saturated carbocycles. The summed E-state index contributed by atoms with van der Waals surface area (Å²) in [6.45, 7) is -1.32. The Balaban J connectivity index is 1.09. The van der Waals surface area contributed by atoms with Gasteiger partial charge in [-0.3, -0.25) is 83.1 Å². The molecule has 0 spiro atoms. The van der Waals surface area contributed by atoms with Gasteiger partial charge in [-0.1, -0.05) is 0 Å². The number of aliphatic imine (C=N–C) groups is 1. The molecule has 13 amide bonds. The van der Waals surface area contributed by atoms with Crippen molar-refractivity contribution in [1.29, 1.82) is 0 Å². The summed E-state index contributed by atoms with van der Waals surface area (Å²) in [5.41, 5.74) is 10.4. The van der Waals surface area contributed by atoms with Gasteiger partial charge in [0.15, 0.2) is 12.2 Å². The first-order valence-electron chi connectivity index (χ1n) is 27.5. The second-order valence-electron chi connectivity index (χ2n) is 21.3. The third-order valence-electron chi connectivity index (χ3n) is 15.1. The van der Waals surface area contributed by atoms with Crippen LogP contribution in [0.5, 0.6) is 0 Å². The molecule has 0 aromatic heterocycles. The van der Waals surface area contributed by atoms with Gasteiger partial charge in [-0.25, -0.2) is 10.1 Å². The Kier molecular flexibility index (Phi) is 25.1. The molecule has 5 aliphatic rings. The maximum absolute atomic E-state index is 14.2. The Morgan fingerprint density at radius 3 is 2.04 bits per heavy atom. The van der Waals surface area contributed by atoms with Gasteiger partial charge in [0.05, 0.1) is 70.0 Å². The molecule has 0 aromatic rings. The number of aliphatic hydroxyl groups excluding tert-OH is 5. The van der Waals surface area contributed by atoms with E-state index in [4.69, 9.17) is 11.5 Å². The Labute approximate surface area is 484 Å². The lowest BCUT2D eigenvalue weighted by molar-refractivity contribution is -0.983. The molecule has 37 heteroatoms. The fraction of sp³-hybridized carbons (Fsp3) is 0.708. The average molecular weight is 1210 g/mol. The first kappa shape index (κ1) is 68.0. The van der Waals surface area contributed by atoms with E-state index in [9.17, 15) is 98.3 Å². The molecular weight excluding hydrogens is 1130 g/mol. The number of primary amides is 2. The van der Waals surface area contributed by atoms with Crippen molar-refractivity contribution in [2.45, 2.75) is 157 Å². The molecule has 474 valence electrons. The second-order valence-corrected chi connectivity index (χ2v) is 21.3. The number of nitrogens with zero attached hydrogens (tertiary/aromatic N) is 3. The van der Waals surface area contributed by atoms with Gasteiger partial charge >= 0.3 is 0 Å². The van der Waals surface area contributed by atoms with Gasteiger partial charge in [0, 0.05) is 38.4 Å². The Hall–Kier alpha value is -7.78. The number of nitrogens with two attached hydrogens (primary N) is 2. The lowest BCUT2D eigenvalue weighted by atomic mass is 9.72. The average Bonchev–Trinajstić information content (AvgIpc) is 1.06. The summed E-state index contributed by atoms with van der Waals surface area (Å²) in [6.07, 6.45) is -4.61. The minimum atomic E-state index is -2.16. The van der Waals surface area contributed by atoms with Crippen LogP contribution in [-0.4, -0.2) is 266 Å². The van der Waals surface area contributed by atoms with Crippen LogP contribution in [0.15, 0.2) is 4.99 Å². The first-order chi connectivity index (χ1) is 40.1. The van der Waals surface area contributed by atoms with Crippen LogP contribution in [0, 0.1) is 5.92 Å². The minimum Gasteiger partial charge on any atom is -0.394 e. The fourth-order valence-corrected chi connectivity index (χ4v) is 10.7. The van der Waals surface area contributed by atoms with Crippen molar-refractivity contribution in [2.75, 3.05) is 52.5 Å². The van der Waals surface area contributed by atoms with Crippen LogP contribution in [0.25, 0.3) is 0 Å². The quantitative estimate of drug-likeness (QED) is 0.0268. The SMILES string of the molecule is C[C@H](NC(=O)[C@@H](CC(N)=O)N(O)C(=O)[C@H](CO)NC(=O)CNC(=O)[C@H]1CCN=C([C@H](CO)NC(=O)[C@@H]2CCNC3C(NC(=O)C[C@@H](O)C(N)=O)CC4CC(O)C(O)CC4[NH+]32)N1)C(=O)NCC(=O)N[C@H](C)C(=O)NCC(=O)N[C@H]1CCCN(O)C1=O. The highest BCUT2D eigenvalue weighted by Crippen LogP contribution is 2.32. The van der Waals surface area contributed by atoms with E-state index in [1.54, 1.807) is 0 Å². The number of amides is 13. The van der Waals surface area contributed by atoms with E-state index in [-0.39, 0.29) is 74.6 Å². The number of hydrogen-bond acceptors (Lipinski definition) is 23. The van der Waals surface area contributed by atoms with Gasteiger partial charge < -0.3 is 95.1 Å². The molecule has 0 radical (unpaired) electrons. The van der Waals surface area contributed by atoms with Gasteiger partial charge in [-0.15, -0.1) is 0 Å². The molecule has 7 unspecified atom stereocenters. The molecule has 4 heterocycles. The van der Waals surface area contributed by atoms with E-state index in [0.717, 1.165) is 6.92 Å². The van der Waals surface area contributed by atoms with Gasteiger partial charge in [-0.05, 0) is 46.0 Å². The Morgan fingerprint density at radius 1 is 0.753 bits per heavy atom. The van der Waals surface area contributed by atoms with Gasteiger partial charge in [-0.2, -0.15) is 0 Å². The van der Waals surface area contributed by atoms with Crippen LogP contribution in [-0.2, 0) is 62.3 Å². The topological polar surface area (TPSA) is 571 Å². The Bertz CT molecular complexity index is 2550. The predicted molar refractivity (Wildman–Crippen MR) is 283 cm³/mol. The van der Waals surface area contributed by atoms with E-state index in [1.807, 2.05) is 0 Å². The van der Waals surface area contributed by atoms with Crippen LogP contribution in [0.4, 0.5) is 0 Å². The third-order valence-corrected chi connectivity index (χ3v) is 15.1. The fourth-order valence-electron chi connectivity index (χ4n) is 10.7. The molecule has 5 rings (SSSR count). The highest BCUT2D eigenvalue weighted by atomic mass is 16.5. The molecule has 23 N–H and O–H groups in total. The zero-order valence-electron chi connectivity index (χ0n) is 46.6. The number of aliphatic hydroxyl groups is 5. The number of carbonyl (C=O) groups excluding carboxylic acids is 13. The number of piperidine rings is 2. The van der Waals surface area contributed by atoms with E-state index in [1.165, 1.54) is 6.92 Å². The number of carbonyl (C=O) groups is 13.